The maximum Gasteiger partial charge on any atom is 0.245 e. The molecule has 2 fully saturated rings. The van der Waals surface area contributed by atoms with E-state index in [4.69, 9.17) is 11.6 Å². The highest BCUT2D eigenvalue weighted by molar-refractivity contribution is 7.89. The van der Waals surface area contributed by atoms with Crippen LogP contribution in [0.5, 0.6) is 0 Å². The number of nitrogens with one attached hydrogen (secondary N) is 1. The van der Waals surface area contributed by atoms with Crippen LogP contribution in [0.3, 0.4) is 0 Å². The van der Waals surface area contributed by atoms with Crippen molar-refractivity contribution in [2.24, 2.45) is 0 Å². The molecule has 4 nitrogen and oxygen atoms in total. The molecule has 3 rings (SSSR count). The number of sulfonamides is 1. The Balaban J connectivity index is 2.05. The van der Waals surface area contributed by atoms with Gasteiger partial charge in [-0.3, -0.25) is 0 Å². The topological polar surface area (TPSA) is 49.4 Å². The molecule has 0 aliphatic carbocycles. The van der Waals surface area contributed by atoms with Crippen LogP contribution in [0.15, 0.2) is 23.1 Å². The van der Waals surface area contributed by atoms with Crippen molar-refractivity contribution in [2.75, 3.05) is 13.1 Å². The van der Waals surface area contributed by atoms with Gasteiger partial charge in [0.25, 0.3) is 0 Å². The lowest BCUT2D eigenvalue weighted by Gasteiger charge is -2.27. The fourth-order valence-corrected chi connectivity index (χ4v) is 5.72. The van der Waals surface area contributed by atoms with Gasteiger partial charge in [0.2, 0.25) is 10.0 Å². The second-order valence-corrected chi connectivity index (χ2v) is 7.79. The molecule has 2 aliphatic heterocycles. The molecule has 6 heteroatoms. The van der Waals surface area contributed by atoms with E-state index in [1.807, 2.05) is 13.0 Å². The summed E-state index contributed by atoms with van der Waals surface area (Å²) in [4.78, 5) is 0.248. The van der Waals surface area contributed by atoms with E-state index in [2.05, 4.69) is 5.32 Å². The van der Waals surface area contributed by atoms with Crippen molar-refractivity contribution >= 4 is 21.6 Å². The van der Waals surface area contributed by atoms with Crippen LogP contribution < -0.4 is 5.32 Å². The molecule has 2 heterocycles. The summed E-state index contributed by atoms with van der Waals surface area (Å²) in [5.41, 5.74) is 0.799. The van der Waals surface area contributed by atoms with Crippen molar-refractivity contribution in [3.63, 3.8) is 0 Å². The summed E-state index contributed by atoms with van der Waals surface area (Å²) >= 11 is 6.23. The van der Waals surface area contributed by atoms with Crippen molar-refractivity contribution < 1.29 is 8.42 Å². The van der Waals surface area contributed by atoms with Crippen LogP contribution in [0.2, 0.25) is 5.02 Å². The second-order valence-electron chi connectivity index (χ2n) is 5.60. The lowest BCUT2D eigenvalue weighted by atomic mass is 10.1. The Morgan fingerprint density at radius 2 is 2.00 bits per heavy atom. The average molecular weight is 315 g/mol. The van der Waals surface area contributed by atoms with Crippen LogP contribution in [-0.2, 0) is 10.0 Å². The molecule has 110 valence electrons. The normalized spacial score (nSPS) is 27.5. The number of rotatable bonds is 2. The fourth-order valence-electron chi connectivity index (χ4n) is 3.26. The minimum atomic E-state index is -3.51. The molecule has 0 amide bonds. The SMILES string of the molecule is Cc1cccc(S(=O)(=O)N2C3CCNCC2CC3)c1Cl. The zero-order valence-corrected chi connectivity index (χ0v) is 13.0. The molecule has 2 bridgehead atoms. The third kappa shape index (κ3) is 2.26. The van der Waals surface area contributed by atoms with Gasteiger partial charge in [-0.1, -0.05) is 23.7 Å². The zero-order chi connectivity index (χ0) is 14.3. The molecular formula is C14H19ClN2O2S. The summed E-state index contributed by atoms with van der Waals surface area (Å²) < 4.78 is 27.7. The van der Waals surface area contributed by atoms with E-state index in [-0.39, 0.29) is 17.0 Å². The van der Waals surface area contributed by atoms with Crippen molar-refractivity contribution in [3.8, 4) is 0 Å². The van der Waals surface area contributed by atoms with E-state index < -0.39 is 10.0 Å². The number of fused-ring (bicyclic) bond motifs is 2. The van der Waals surface area contributed by atoms with Crippen molar-refractivity contribution in [3.05, 3.63) is 28.8 Å². The number of aryl methyl sites for hydroxylation is 1. The summed E-state index contributed by atoms with van der Waals surface area (Å²) in [5.74, 6) is 0. The van der Waals surface area contributed by atoms with E-state index >= 15 is 0 Å². The molecule has 1 aromatic carbocycles. The van der Waals surface area contributed by atoms with Crippen LogP contribution in [0.1, 0.15) is 24.8 Å². The Morgan fingerprint density at radius 3 is 2.80 bits per heavy atom. The molecule has 2 aliphatic rings. The summed E-state index contributed by atoms with van der Waals surface area (Å²) in [6.07, 6.45) is 2.76. The minimum absolute atomic E-state index is 0.0593. The molecule has 2 unspecified atom stereocenters. The van der Waals surface area contributed by atoms with Gasteiger partial charge in [-0.05, 0) is 44.4 Å². The third-order valence-electron chi connectivity index (χ3n) is 4.30. The molecule has 0 radical (unpaired) electrons. The summed E-state index contributed by atoms with van der Waals surface area (Å²) in [5, 5.41) is 3.67. The quantitative estimate of drug-likeness (QED) is 0.910. The van der Waals surface area contributed by atoms with Gasteiger partial charge in [0, 0.05) is 18.6 Å². The molecule has 20 heavy (non-hydrogen) atoms. The van der Waals surface area contributed by atoms with Gasteiger partial charge in [-0.2, -0.15) is 4.31 Å². The Labute approximate surface area is 125 Å². The standard InChI is InChI=1S/C14H19ClN2O2S/c1-10-3-2-4-13(14(10)15)20(18,19)17-11-5-6-12(17)9-16-8-7-11/h2-4,11-12,16H,5-9H2,1H3. The van der Waals surface area contributed by atoms with Crippen LogP contribution >= 0.6 is 11.6 Å². The number of benzene rings is 1. The van der Waals surface area contributed by atoms with E-state index in [0.717, 1.165) is 37.9 Å². The van der Waals surface area contributed by atoms with E-state index in [1.54, 1.807) is 16.4 Å². The van der Waals surface area contributed by atoms with Crippen molar-refractivity contribution in [1.29, 1.82) is 0 Å². The number of hydrogen-bond donors (Lipinski definition) is 1. The van der Waals surface area contributed by atoms with Crippen molar-refractivity contribution in [1.82, 2.24) is 9.62 Å². The number of halogens is 1. The zero-order valence-electron chi connectivity index (χ0n) is 11.5. The van der Waals surface area contributed by atoms with Crippen LogP contribution in [0, 0.1) is 6.92 Å². The largest absolute Gasteiger partial charge is 0.315 e. The first-order chi connectivity index (χ1) is 9.51. The van der Waals surface area contributed by atoms with Gasteiger partial charge in [-0.25, -0.2) is 8.42 Å². The van der Waals surface area contributed by atoms with Gasteiger partial charge in [0.15, 0.2) is 0 Å². The maximum atomic E-state index is 13.0. The Hall–Kier alpha value is -0.620. The molecule has 0 spiro atoms. The van der Waals surface area contributed by atoms with E-state index in [9.17, 15) is 8.42 Å². The Morgan fingerprint density at radius 1 is 1.25 bits per heavy atom. The lowest BCUT2D eigenvalue weighted by molar-refractivity contribution is 0.334. The summed E-state index contributed by atoms with van der Waals surface area (Å²) in [6, 6.07) is 5.37. The first-order valence-corrected chi connectivity index (χ1v) is 8.83. The van der Waals surface area contributed by atoms with Gasteiger partial charge in [-0.15, -0.1) is 0 Å². The summed E-state index contributed by atoms with van der Waals surface area (Å²) in [7, 11) is -3.51. The molecule has 1 N–H and O–H groups in total. The predicted molar refractivity (Wildman–Crippen MR) is 79.5 cm³/mol. The first-order valence-electron chi connectivity index (χ1n) is 7.01. The van der Waals surface area contributed by atoms with E-state index in [0.29, 0.717) is 5.02 Å². The third-order valence-corrected chi connectivity index (χ3v) is 6.96. The first kappa shape index (κ1) is 14.3. The van der Waals surface area contributed by atoms with Crippen LogP contribution in [0.4, 0.5) is 0 Å². The molecule has 1 aromatic rings. The van der Waals surface area contributed by atoms with Crippen molar-refractivity contribution in [2.45, 2.75) is 43.2 Å². The lowest BCUT2D eigenvalue weighted by Crippen LogP contribution is -2.42. The second kappa shape index (κ2) is 5.30. The number of nitrogens with zero attached hydrogens (tertiary/aromatic N) is 1. The fraction of sp³-hybridized carbons (Fsp3) is 0.571. The highest BCUT2D eigenvalue weighted by atomic mass is 35.5. The Bertz CT molecular complexity index is 604. The van der Waals surface area contributed by atoms with Gasteiger partial charge < -0.3 is 5.32 Å². The molecule has 2 saturated heterocycles. The smallest absolute Gasteiger partial charge is 0.245 e. The summed E-state index contributed by atoms with van der Waals surface area (Å²) in [6.45, 7) is 3.45. The van der Waals surface area contributed by atoms with Gasteiger partial charge in [0.05, 0.1) is 5.02 Å². The molecular weight excluding hydrogens is 296 g/mol. The monoisotopic (exact) mass is 314 g/mol. The maximum absolute atomic E-state index is 13.0. The Kier molecular flexibility index (Phi) is 3.79. The molecule has 0 saturated carbocycles. The molecule has 2 atom stereocenters. The van der Waals surface area contributed by atoms with Crippen LogP contribution in [0.25, 0.3) is 0 Å². The van der Waals surface area contributed by atoms with Crippen LogP contribution in [-0.4, -0.2) is 37.9 Å². The highest BCUT2D eigenvalue weighted by Gasteiger charge is 2.43. The highest BCUT2D eigenvalue weighted by Crippen LogP contribution is 2.36. The predicted octanol–water partition coefficient (Wildman–Crippen LogP) is 2.16. The molecule has 0 aromatic heterocycles. The van der Waals surface area contributed by atoms with Gasteiger partial charge >= 0.3 is 0 Å². The number of hydrogen-bond acceptors (Lipinski definition) is 3. The minimum Gasteiger partial charge on any atom is -0.315 e. The average Bonchev–Trinajstić information content (AvgIpc) is 2.66. The van der Waals surface area contributed by atoms with E-state index in [1.165, 1.54) is 0 Å². The van der Waals surface area contributed by atoms with Gasteiger partial charge in [0.1, 0.15) is 4.90 Å².